The highest BCUT2D eigenvalue weighted by Crippen LogP contribution is 2.35. The van der Waals surface area contributed by atoms with Crippen LogP contribution in [0.25, 0.3) is 5.69 Å². The third-order valence-electron chi connectivity index (χ3n) is 5.97. The van der Waals surface area contributed by atoms with Gasteiger partial charge in [0.15, 0.2) is 5.82 Å². The number of aromatic nitrogens is 5. The Hall–Kier alpha value is -3.36. The van der Waals surface area contributed by atoms with Crippen molar-refractivity contribution < 1.29 is 9.53 Å². The highest BCUT2D eigenvalue weighted by Gasteiger charge is 2.27. The van der Waals surface area contributed by atoms with Crippen LogP contribution >= 0.6 is 23.2 Å². The van der Waals surface area contributed by atoms with E-state index in [1.165, 1.54) is 0 Å². The van der Waals surface area contributed by atoms with Gasteiger partial charge in [-0.25, -0.2) is 9.67 Å². The third kappa shape index (κ3) is 4.15. The van der Waals surface area contributed by atoms with Gasteiger partial charge in [0, 0.05) is 11.8 Å². The van der Waals surface area contributed by atoms with E-state index in [0.29, 0.717) is 27.2 Å². The maximum Gasteiger partial charge on any atom is 0.257 e. The SMILES string of the molecule is COc1cc(C(=O)Nc2nnn3c2CCCC3c2ccc(Cl)c(Cl)c2)ccc1-n1cnc(C)c1. The molecular weight excluding hydrogens is 475 g/mol. The number of ether oxygens (including phenoxy) is 1. The molecule has 1 N–H and O–H groups in total. The second-order valence-corrected chi connectivity index (χ2v) is 8.99. The molecule has 2 aromatic heterocycles. The molecule has 3 heterocycles. The van der Waals surface area contributed by atoms with Gasteiger partial charge in [-0.1, -0.05) is 34.5 Å². The van der Waals surface area contributed by atoms with Crippen LogP contribution in [0.3, 0.4) is 0 Å². The van der Waals surface area contributed by atoms with Gasteiger partial charge < -0.3 is 14.6 Å². The average Bonchev–Trinajstić information content (AvgIpc) is 3.46. The summed E-state index contributed by atoms with van der Waals surface area (Å²) in [5, 5.41) is 12.5. The van der Waals surface area contributed by atoms with Gasteiger partial charge in [-0.05, 0) is 62.1 Å². The predicted molar refractivity (Wildman–Crippen MR) is 130 cm³/mol. The van der Waals surface area contributed by atoms with Gasteiger partial charge in [0.05, 0.1) is 46.6 Å². The summed E-state index contributed by atoms with van der Waals surface area (Å²) in [6.45, 7) is 1.91. The normalized spacial score (nSPS) is 15.1. The summed E-state index contributed by atoms with van der Waals surface area (Å²) in [6.07, 6.45) is 6.20. The van der Waals surface area contributed by atoms with Crippen LogP contribution in [0.5, 0.6) is 5.75 Å². The monoisotopic (exact) mass is 496 g/mol. The van der Waals surface area contributed by atoms with Crippen LogP contribution in [0.4, 0.5) is 5.82 Å². The number of carbonyl (C=O) groups excluding carboxylic acids is 1. The Bertz CT molecular complexity index is 1380. The lowest BCUT2D eigenvalue weighted by molar-refractivity contribution is 0.102. The zero-order valence-corrected chi connectivity index (χ0v) is 20.1. The first-order chi connectivity index (χ1) is 16.4. The molecule has 1 aliphatic rings. The number of nitrogens with one attached hydrogen (secondary N) is 1. The molecule has 0 fully saturated rings. The topological polar surface area (TPSA) is 86.9 Å². The second-order valence-electron chi connectivity index (χ2n) is 8.17. The summed E-state index contributed by atoms with van der Waals surface area (Å²) in [6, 6.07) is 10.9. The van der Waals surface area contributed by atoms with Crippen molar-refractivity contribution in [2.24, 2.45) is 0 Å². The van der Waals surface area contributed by atoms with Gasteiger partial charge in [0.1, 0.15) is 5.75 Å². The summed E-state index contributed by atoms with van der Waals surface area (Å²) in [4.78, 5) is 17.3. The number of hydrogen-bond donors (Lipinski definition) is 1. The fraction of sp³-hybridized carbons (Fsp3) is 0.250. The highest BCUT2D eigenvalue weighted by molar-refractivity contribution is 6.42. The van der Waals surface area contributed by atoms with E-state index in [2.05, 4.69) is 20.6 Å². The standard InChI is InChI=1S/C24H22Cl2N6O2/c1-14-12-31(13-27-14)20-9-7-16(11-22(20)34-2)24(33)28-23-21-5-3-4-19(32(21)30-29-23)15-6-8-17(25)18(26)10-15/h6-13,19H,3-5H2,1-2H3,(H,28,33). The molecule has 2 aromatic carbocycles. The molecule has 0 spiro atoms. The first kappa shape index (κ1) is 22.4. The minimum absolute atomic E-state index is 0.0188. The number of amides is 1. The van der Waals surface area contributed by atoms with Crippen molar-refractivity contribution in [1.29, 1.82) is 0 Å². The van der Waals surface area contributed by atoms with E-state index >= 15 is 0 Å². The number of halogens is 2. The van der Waals surface area contributed by atoms with Gasteiger partial charge in [0.2, 0.25) is 0 Å². The summed E-state index contributed by atoms with van der Waals surface area (Å²) in [5.41, 5.74) is 4.03. The van der Waals surface area contributed by atoms with Crippen LogP contribution in [0, 0.1) is 6.92 Å². The molecule has 0 saturated heterocycles. The number of benzene rings is 2. The zero-order valence-electron chi connectivity index (χ0n) is 18.6. The van der Waals surface area contributed by atoms with Crippen molar-refractivity contribution in [2.75, 3.05) is 12.4 Å². The van der Waals surface area contributed by atoms with Gasteiger partial charge in [-0.15, -0.1) is 5.10 Å². The molecule has 0 bridgehead atoms. The van der Waals surface area contributed by atoms with Crippen molar-refractivity contribution in [3.05, 3.63) is 81.5 Å². The van der Waals surface area contributed by atoms with E-state index in [1.807, 2.05) is 40.6 Å². The first-order valence-corrected chi connectivity index (χ1v) is 11.6. The van der Waals surface area contributed by atoms with E-state index in [0.717, 1.165) is 41.9 Å². The quantitative estimate of drug-likeness (QED) is 0.406. The molecule has 0 saturated carbocycles. The molecule has 1 amide bonds. The minimum Gasteiger partial charge on any atom is -0.495 e. The smallest absolute Gasteiger partial charge is 0.257 e. The lowest BCUT2D eigenvalue weighted by Crippen LogP contribution is -2.21. The number of imidazole rings is 1. The van der Waals surface area contributed by atoms with E-state index < -0.39 is 0 Å². The number of methoxy groups -OCH3 is 1. The van der Waals surface area contributed by atoms with Crippen LogP contribution in [-0.2, 0) is 6.42 Å². The largest absolute Gasteiger partial charge is 0.495 e. The van der Waals surface area contributed by atoms with Gasteiger partial charge >= 0.3 is 0 Å². The predicted octanol–water partition coefficient (Wildman–Crippen LogP) is 5.27. The molecule has 0 aliphatic carbocycles. The van der Waals surface area contributed by atoms with Crippen LogP contribution < -0.4 is 10.1 Å². The fourth-order valence-electron chi connectivity index (χ4n) is 4.27. The van der Waals surface area contributed by atoms with Crippen molar-refractivity contribution in [1.82, 2.24) is 24.5 Å². The first-order valence-electron chi connectivity index (χ1n) is 10.8. The van der Waals surface area contributed by atoms with Crippen molar-refractivity contribution in [3.63, 3.8) is 0 Å². The lowest BCUT2D eigenvalue weighted by Gasteiger charge is -2.24. The Morgan fingerprint density at radius 3 is 2.76 bits per heavy atom. The molecule has 34 heavy (non-hydrogen) atoms. The number of carbonyl (C=O) groups is 1. The summed E-state index contributed by atoms with van der Waals surface area (Å²) < 4.78 is 9.25. The molecule has 1 unspecified atom stereocenters. The Labute approximate surface area is 206 Å². The minimum atomic E-state index is -0.286. The third-order valence-corrected chi connectivity index (χ3v) is 6.71. The molecule has 1 atom stereocenters. The van der Waals surface area contributed by atoms with Crippen LogP contribution in [0.2, 0.25) is 10.0 Å². The Morgan fingerprint density at radius 2 is 2.03 bits per heavy atom. The van der Waals surface area contributed by atoms with Crippen LogP contribution in [0.15, 0.2) is 48.9 Å². The van der Waals surface area contributed by atoms with Crippen molar-refractivity contribution >= 4 is 34.9 Å². The van der Waals surface area contributed by atoms with Gasteiger partial charge in [-0.3, -0.25) is 4.79 Å². The van der Waals surface area contributed by atoms with E-state index in [4.69, 9.17) is 27.9 Å². The number of aryl methyl sites for hydroxylation is 1. The maximum absolute atomic E-state index is 13.1. The molecule has 8 nitrogen and oxygen atoms in total. The molecular formula is C24H22Cl2N6O2. The molecule has 1 aliphatic heterocycles. The van der Waals surface area contributed by atoms with Gasteiger partial charge in [-0.2, -0.15) is 0 Å². The summed E-state index contributed by atoms with van der Waals surface area (Å²) in [7, 11) is 1.57. The fourth-order valence-corrected chi connectivity index (χ4v) is 4.58. The average molecular weight is 497 g/mol. The Balaban J connectivity index is 1.40. The van der Waals surface area contributed by atoms with Crippen LogP contribution in [0.1, 0.15) is 46.2 Å². The van der Waals surface area contributed by atoms with E-state index in [1.54, 1.807) is 31.6 Å². The molecule has 4 aromatic rings. The molecule has 0 radical (unpaired) electrons. The van der Waals surface area contributed by atoms with Crippen LogP contribution in [-0.4, -0.2) is 37.6 Å². The van der Waals surface area contributed by atoms with E-state index in [9.17, 15) is 4.79 Å². The number of fused-ring (bicyclic) bond motifs is 1. The molecule has 5 rings (SSSR count). The Kier molecular flexibility index (Phi) is 6.02. The summed E-state index contributed by atoms with van der Waals surface area (Å²) in [5.74, 6) is 0.740. The lowest BCUT2D eigenvalue weighted by atomic mass is 9.96. The second kappa shape index (κ2) is 9.12. The summed E-state index contributed by atoms with van der Waals surface area (Å²) >= 11 is 12.3. The van der Waals surface area contributed by atoms with Crippen molar-refractivity contribution in [3.8, 4) is 11.4 Å². The number of nitrogens with zero attached hydrogens (tertiary/aromatic N) is 5. The Morgan fingerprint density at radius 1 is 1.18 bits per heavy atom. The van der Waals surface area contributed by atoms with Gasteiger partial charge in [0.25, 0.3) is 5.91 Å². The van der Waals surface area contributed by atoms with E-state index in [-0.39, 0.29) is 11.9 Å². The molecule has 174 valence electrons. The highest BCUT2D eigenvalue weighted by atomic mass is 35.5. The zero-order chi connectivity index (χ0) is 23.8. The van der Waals surface area contributed by atoms with Crippen molar-refractivity contribution in [2.45, 2.75) is 32.2 Å². The molecule has 10 heteroatoms. The number of rotatable bonds is 5. The maximum atomic E-state index is 13.1. The number of anilines is 1. The number of hydrogen-bond acceptors (Lipinski definition) is 5.